The van der Waals surface area contributed by atoms with Gasteiger partial charge in [-0.15, -0.1) is 0 Å². The van der Waals surface area contributed by atoms with Crippen LogP contribution < -0.4 is 11.4 Å². The van der Waals surface area contributed by atoms with Crippen molar-refractivity contribution >= 4 is 93.1 Å². The topological polar surface area (TPSA) is 158 Å². The Hall–Kier alpha value is -8.81. The van der Waals surface area contributed by atoms with Crippen LogP contribution in [0, 0.1) is 23.3 Å². The molecule has 0 aliphatic rings. The molecule has 90 heavy (non-hydrogen) atoms. The molecular weight excluding hydrogens is 1290 g/mol. The van der Waals surface area contributed by atoms with Gasteiger partial charge in [0, 0.05) is 128 Å². The van der Waals surface area contributed by atoms with Crippen molar-refractivity contribution in [2.45, 2.75) is 0 Å². The van der Waals surface area contributed by atoms with Gasteiger partial charge in [0.05, 0.1) is 73.5 Å². The Balaban J connectivity index is 0.000000146. The third-order valence-electron chi connectivity index (χ3n) is 13.5. The second kappa shape index (κ2) is 32.6. The summed E-state index contributed by atoms with van der Waals surface area (Å²) in [4.78, 5) is 29.7. The first kappa shape index (κ1) is 67.1. The summed E-state index contributed by atoms with van der Waals surface area (Å²) in [5.74, 6) is -0.401. The molecule has 0 amide bonds. The van der Waals surface area contributed by atoms with Crippen molar-refractivity contribution in [1.82, 2.24) is 34.9 Å². The zero-order valence-electron chi connectivity index (χ0n) is 48.0. The summed E-state index contributed by atoms with van der Waals surface area (Å²) >= 11 is 3.80. The van der Waals surface area contributed by atoms with Crippen LogP contribution in [-0.4, -0.2) is 95.0 Å². The second-order valence-electron chi connectivity index (χ2n) is 19.0. The van der Waals surface area contributed by atoms with E-state index < -0.39 is 11.6 Å². The molecule has 7 aromatic carbocycles. The molecule has 3 radical (unpaired) electrons. The van der Waals surface area contributed by atoms with Crippen LogP contribution in [0.1, 0.15) is 0 Å². The van der Waals surface area contributed by atoms with E-state index in [4.69, 9.17) is 11.4 Å². The fourth-order valence-electron chi connectivity index (χ4n) is 9.33. The summed E-state index contributed by atoms with van der Waals surface area (Å²) in [5.41, 5.74) is 6.69. The number of benzene rings is 7. The Labute approximate surface area is 565 Å². The summed E-state index contributed by atoms with van der Waals surface area (Å²) in [5, 5.41) is 28.0. The van der Waals surface area contributed by atoms with E-state index in [0.717, 1.165) is 83.8 Å². The number of rotatable bonds is 8. The first-order chi connectivity index (χ1) is 43.0. The molecule has 21 heteroatoms. The van der Waals surface area contributed by atoms with Crippen LogP contribution in [0.15, 0.2) is 256 Å². The van der Waals surface area contributed by atoms with E-state index in [2.05, 4.69) is 59.2 Å². The molecule has 0 saturated heterocycles. The van der Waals surface area contributed by atoms with Gasteiger partial charge in [0.25, 0.3) is 0 Å². The summed E-state index contributed by atoms with van der Waals surface area (Å²) in [6.45, 7) is 0. The molecule has 12 nitrogen and oxygen atoms in total. The van der Waals surface area contributed by atoms with E-state index in [0.29, 0.717) is 39.6 Å². The number of hydrogen-bond acceptors (Lipinski definition) is 12. The molecule has 7 aromatic heterocycles. The van der Waals surface area contributed by atoms with Crippen molar-refractivity contribution in [2.75, 3.05) is 0 Å². The van der Waals surface area contributed by atoms with E-state index in [1.165, 1.54) is 62.2 Å². The fraction of sp³-hybridized carbons (Fsp3) is 0. The Morgan fingerprint density at radius 3 is 1.56 bits per heavy atom. The second-order valence-corrected chi connectivity index (χ2v) is 19.9. The quantitative estimate of drug-likeness (QED) is 0.0844. The molecule has 0 saturated carbocycles. The molecule has 0 aliphatic carbocycles. The van der Waals surface area contributed by atoms with Gasteiger partial charge in [0.1, 0.15) is 34.8 Å². The first-order valence-corrected chi connectivity index (χ1v) is 28.6. The monoisotopic (exact) mass is 1340 g/mol. The Bertz CT molecular complexity index is 4720. The average Bonchev–Trinajstić information content (AvgIpc) is 1.55. The molecule has 14 rings (SSSR count). The number of halogens is 4. The predicted octanol–water partition coefficient (Wildman–Crippen LogP) is 14.7. The maximum absolute atomic E-state index is 13.6. The first-order valence-electron chi connectivity index (χ1n) is 26.9. The Morgan fingerprint density at radius 2 is 0.900 bits per heavy atom. The van der Waals surface area contributed by atoms with Gasteiger partial charge in [-0.3, -0.25) is 34.9 Å². The molecular formula is C69H47Al3F4N7O5Zn2. The van der Waals surface area contributed by atoms with Gasteiger partial charge >= 0.3 is 49.9 Å². The largest absolute Gasteiger partial charge is 0.650 e. The van der Waals surface area contributed by atoms with E-state index in [9.17, 15) is 27.8 Å². The number of pyridine rings is 7. The summed E-state index contributed by atoms with van der Waals surface area (Å²) in [7, 11) is 0. The van der Waals surface area contributed by atoms with Crippen LogP contribution in [0.5, 0.6) is 28.7 Å². The zero-order valence-corrected chi connectivity index (χ0v) is 58.2. The van der Waals surface area contributed by atoms with Crippen LogP contribution in [0.3, 0.4) is 0 Å². The maximum atomic E-state index is 13.6. The number of hydrogen-bond donors (Lipinski definition) is 2. The van der Waals surface area contributed by atoms with E-state index in [1.807, 2.05) is 109 Å². The Kier molecular flexibility index (Phi) is 24.3. The minimum absolute atomic E-state index is 0. The van der Waals surface area contributed by atoms with Crippen molar-refractivity contribution in [1.29, 1.82) is 0 Å². The Morgan fingerprint density at radius 1 is 0.333 bits per heavy atom. The average molecular weight is 1340 g/mol. The third-order valence-corrected chi connectivity index (χ3v) is 14.5. The molecule has 0 fully saturated rings. The molecule has 7 heterocycles. The molecule has 0 bridgehead atoms. The van der Waals surface area contributed by atoms with Crippen LogP contribution in [-0.2, 0) is 39.0 Å². The minimum Gasteiger partial charge on any atom is -0.650 e. The van der Waals surface area contributed by atoms with Crippen LogP contribution in [0.4, 0.5) is 17.6 Å². The molecule has 429 valence electrons. The van der Waals surface area contributed by atoms with Crippen molar-refractivity contribution < 1.29 is 78.1 Å². The van der Waals surface area contributed by atoms with Gasteiger partial charge in [0.15, 0.2) is 0 Å². The van der Waals surface area contributed by atoms with Gasteiger partial charge in [0.2, 0.25) is 0 Å². The van der Waals surface area contributed by atoms with Crippen LogP contribution >= 0.6 is 0 Å². The molecule has 0 atom stereocenters. The number of nitrogens with zero attached hydrogens (tertiary/aromatic N) is 7. The number of aromatic hydroxyl groups is 2. The van der Waals surface area contributed by atoms with Crippen molar-refractivity contribution in [3.8, 4) is 85.0 Å². The molecule has 2 N–H and O–H groups in total. The van der Waals surface area contributed by atoms with Crippen molar-refractivity contribution in [3.05, 3.63) is 279 Å². The van der Waals surface area contributed by atoms with Gasteiger partial charge in [-0.1, -0.05) is 97.1 Å². The van der Waals surface area contributed by atoms with Crippen molar-refractivity contribution in [3.63, 3.8) is 0 Å². The van der Waals surface area contributed by atoms with Gasteiger partial charge in [-0.2, -0.15) is 0 Å². The SMILES string of the molecule is Fc1cc(F)c(-c2ccccn2)c([O][AlH])c1.Fc1ccc(-c2ccccn2)c([O][AlH])c1.Fc1cccc([O][AlH])c1-c1ccccn1.Oc1c(-c2cc3ccccc3cn2)cnc2ccccc12.Oc1ccncc1-c1cc2c(ccc3ccccc32)cn1.[Zn].[Zn]. The third kappa shape index (κ3) is 16.3. The standard InChI is InChI=1S/2C18H12N2O.C11H7F2NO.2C11H8FNO.3Al.2Zn.3H/c21-18-14-7-3-4-8-16(14)20-11-15(18)17-9-12-5-1-2-6-13(12)10-19-17;21-18-7-8-19-11-16(18)17-9-15-13(10-20-17)6-5-12-3-1-2-4-14(12)15;12-7-5-8(13)11(10(15)6-7)9-3-1-2-4-14-9;12-8-4-3-6-10(14)11(8)9-5-1-2-7-13-9;12-8-4-5-9(11(14)7-8)10-3-1-2-6-13-10;;;;;;;;/h1-11H,(H,20,21);1-11H,(H,19,21);1-6,15H;2*1-7,14H;;;;;;;;/q;;;;;3*+1;;;;;/p-3. The summed E-state index contributed by atoms with van der Waals surface area (Å²) < 4.78 is 68.4. The zero-order chi connectivity index (χ0) is 61.4. The molecule has 0 unspecified atom stereocenters. The molecule has 14 aromatic rings. The smallest absolute Gasteiger partial charge is 0.494 e. The fourth-order valence-corrected chi connectivity index (χ4v) is 10.0. The van der Waals surface area contributed by atoms with Gasteiger partial charge < -0.3 is 21.6 Å². The number of aromatic nitrogens is 7. The van der Waals surface area contributed by atoms with Crippen molar-refractivity contribution in [2.24, 2.45) is 0 Å². The summed E-state index contributed by atoms with van der Waals surface area (Å²) in [6.07, 6.45) is 13.4. The van der Waals surface area contributed by atoms with Crippen LogP contribution in [0.2, 0.25) is 0 Å². The predicted molar refractivity (Wildman–Crippen MR) is 340 cm³/mol. The number of para-hydroxylation sites is 1. The number of fused-ring (bicyclic) bond motifs is 5. The van der Waals surface area contributed by atoms with Gasteiger partial charge in [-0.25, -0.2) is 17.6 Å². The maximum Gasteiger partial charge on any atom is 0.494 e. The van der Waals surface area contributed by atoms with E-state index >= 15 is 0 Å². The minimum atomic E-state index is -0.680. The van der Waals surface area contributed by atoms with E-state index in [1.54, 1.807) is 91.8 Å². The molecule has 0 aliphatic heterocycles. The van der Waals surface area contributed by atoms with Gasteiger partial charge in [-0.05, 0) is 113 Å². The van der Waals surface area contributed by atoms with E-state index in [-0.39, 0.29) is 73.4 Å². The van der Waals surface area contributed by atoms with Crippen LogP contribution in [0.25, 0.3) is 99.5 Å². The summed E-state index contributed by atoms with van der Waals surface area (Å²) in [6, 6.07) is 60.7. The normalized spacial score (nSPS) is 10.3. The molecule has 0 spiro atoms.